The molecule has 1 aromatic carbocycles. The van der Waals surface area contributed by atoms with Crippen LogP contribution in [-0.4, -0.2) is 47.3 Å². The van der Waals surface area contributed by atoms with Crippen molar-refractivity contribution in [2.24, 2.45) is 5.92 Å². The first-order chi connectivity index (χ1) is 13.9. The van der Waals surface area contributed by atoms with Crippen molar-refractivity contribution in [2.45, 2.75) is 39.2 Å². The van der Waals surface area contributed by atoms with Crippen molar-refractivity contribution in [1.29, 1.82) is 0 Å². The Bertz CT molecular complexity index is 878. The van der Waals surface area contributed by atoms with Gasteiger partial charge in [0.25, 0.3) is 5.91 Å². The van der Waals surface area contributed by atoms with Crippen molar-refractivity contribution in [3.05, 3.63) is 29.6 Å². The third-order valence-electron chi connectivity index (χ3n) is 4.62. The Hall–Kier alpha value is -3.11. The fourth-order valence-electron chi connectivity index (χ4n) is 2.83. The molecule has 2 rings (SSSR count). The summed E-state index contributed by atoms with van der Waals surface area (Å²) in [4.78, 5) is 49.2. The van der Waals surface area contributed by atoms with Crippen LogP contribution in [0.1, 0.15) is 33.6 Å². The van der Waals surface area contributed by atoms with Gasteiger partial charge in [0.15, 0.2) is 17.5 Å². The third kappa shape index (κ3) is 5.28. The SMILES string of the molecule is CC(C)CC[C@@]1(C)NC(=O)N(CC(=O)NCC(=O)Nc2ccc(F)c(F)c2F)C1=O. The molecular formula is C19H23F3N4O4. The summed E-state index contributed by atoms with van der Waals surface area (Å²) in [7, 11) is 0. The standard InChI is InChI=1S/C19H23F3N4O4/c1-10(2)6-7-19(3)17(29)26(18(30)25-19)9-14(28)23-8-13(27)24-12-5-4-11(20)15(21)16(12)22/h4-5,10H,6-9H2,1-3H3,(H,23,28)(H,24,27)(H,25,30)/t19-/m1/s1. The number of halogens is 3. The number of hydrogen-bond donors (Lipinski definition) is 3. The van der Waals surface area contributed by atoms with E-state index in [1.807, 2.05) is 19.2 Å². The van der Waals surface area contributed by atoms with E-state index in [1.54, 1.807) is 6.92 Å². The number of benzene rings is 1. The van der Waals surface area contributed by atoms with Gasteiger partial charge in [-0.3, -0.25) is 19.3 Å². The number of carbonyl (C=O) groups is 4. The summed E-state index contributed by atoms with van der Waals surface area (Å²) in [5.74, 6) is -6.66. The van der Waals surface area contributed by atoms with Crippen molar-refractivity contribution in [2.75, 3.05) is 18.4 Å². The van der Waals surface area contributed by atoms with Crippen LogP contribution in [0.3, 0.4) is 0 Å². The molecule has 0 unspecified atom stereocenters. The number of nitrogens with one attached hydrogen (secondary N) is 3. The zero-order chi connectivity index (χ0) is 22.6. The predicted octanol–water partition coefficient (Wildman–Crippen LogP) is 1.91. The molecule has 0 radical (unpaired) electrons. The second-order valence-electron chi connectivity index (χ2n) is 7.63. The Kier molecular flexibility index (Phi) is 7.06. The minimum absolute atomic E-state index is 0.321. The van der Waals surface area contributed by atoms with Crippen molar-refractivity contribution in [3.63, 3.8) is 0 Å². The molecule has 164 valence electrons. The number of amides is 5. The van der Waals surface area contributed by atoms with E-state index in [-0.39, 0.29) is 0 Å². The van der Waals surface area contributed by atoms with Crippen LogP contribution in [-0.2, 0) is 14.4 Å². The molecule has 1 aliphatic heterocycles. The predicted molar refractivity (Wildman–Crippen MR) is 101 cm³/mol. The Morgan fingerprint density at radius 3 is 2.43 bits per heavy atom. The highest BCUT2D eigenvalue weighted by atomic mass is 19.2. The fourth-order valence-corrected chi connectivity index (χ4v) is 2.83. The summed E-state index contributed by atoms with van der Waals surface area (Å²) in [6.07, 6.45) is 1.11. The van der Waals surface area contributed by atoms with Gasteiger partial charge in [-0.1, -0.05) is 13.8 Å². The van der Waals surface area contributed by atoms with Gasteiger partial charge >= 0.3 is 6.03 Å². The summed E-state index contributed by atoms with van der Waals surface area (Å²) in [5.41, 5.74) is -1.70. The molecule has 1 aliphatic rings. The molecule has 30 heavy (non-hydrogen) atoms. The first-order valence-corrected chi connectivity index (χ1v) is 9.28. The van der Waals surface area contributed by atoms with Gasteiger partial charge < -0.3 is 16.0 Å². The van der Waals surface area contributed by atoms with Crippen molar-refractivity contribution < 1.29 is 32.3 Å². The van der Waals surface area contributed by atoms with E-state index >= 15 is 0 Å². The highest BCUT2D eigenvalue weighted by Crippen LogP contribution is 2.24. The molecule has 0 saturated carbocycles. The number of anilines is 1. The highest BCUT2D eigenvalue weighted by Gasteiger charge is 2.47. The summed E-state index contributed by atoms with van der Waals surface area (Å²) >= 11 is 0. The Morgan fingerprint density at radius 1 is 1.13 bits per heavy atom. The van der Waals surface area contributed by atoms with E-state index in [4.69, 9.17) is 0 Å². The van der Waals surface area contributed by atoms with E-state index in [2.05, 4.69) is 10.6 Å². The lowest BCUT2D eigenvalue weighted by molar-refractivity contribution is -0.135. The molecule has 11 heteroatoms. The van der Waals surface area contributed by atoms with Crippen molar-refractivity contribution >= 4 is 29.4 Å². The largest absolute Gasteiger partial charge is 0.345 e. The molecule has 1 heterocycles. The van der Waals surface area contributed by atoms with Crippen molar-refractivity contribution in [3.8, 4) is 0 Å². The molecule has 1 atom stereocenters. The monoisotopic (exact) mass is 428 g/mol. The number of urea groups is 1. The van der Waals surface area contributed by atoms with Crippen molar-refractivity contribution in [1.82, 2.24) is 15.5 Å². The topological polar surface area (TPSA) is 108 Å². The molecule has 0 bridgehead atoms. The van der Waals surface area contributed by atoms with E-state index in [0.29, 0.717) is 24.8 Å². The number of hydrogen-bond acceptors (Lipinski definition) is 4. The molecule has 1 saturated heterocycles. The van der Waals surface area contributed by atoms with Crippen LogP contribution in [0.2, 0.25) is 0 Å². The quantitative estimate of drug-likeness (QED) is 0.434. The molecular weight excluding hydrogens is 405 g/mol. The Balaban J connectivity index is 1.88. The van der Waals surface area contributed by atoms with Gasteiger partial charge in [0.1, 0.15) is 12.1 Å². The minimum atomic E-state index is -1.74. The van der Waals surface area contributed by atoms with Crippen LogP contribution >= 0.6 is 0 Å². The molecule has 1 fully saturated rings. The fraction of sp³-hybridized carbons (Fsp3) is 0.474. The van der Waals surface area contributed by atoms with Crippen LogP contribution in [0.5, 0.6) is 0 Å². The maximum Gasteiger partial charge on any atom is 0.325 e. The van der Waals surface area contributed by atoms with Gasteiger partial charge in [0.05, 0.1) is 12.2 Å². The molecule has 5 amide bonds. The molecule has 1 aromatic rings. The summed E-state index contributed by atoms with van der Waals surface area (Å²) in [5, 5.41) is 6.74. The van der Waals surface area contributed by atoms with Gasteiger partial charge in [-0.2, -0.15) is 0 Å². The average Bonchev–Trinajstić information content (AvgIpc) is 2.89. The number of rotatable bonds is 8. The van der Waals surface area contributed by atoms with Gasteiger partial charge in [0.2, 0.25) is 11.8 Å². The first kappa shape index (κ1) is 23.2. The van der Waals surface area contributed by atoms with Crippen LogP contribution in [0.4, 0.5) is 23.7 Å². The lowest BCUT2D eigenvalue weighted by Gasteiger charge is -2.22. The Labute approximate surface area is 171 Å². The lowest BCUT2D eigenvalue weighted by atomic mass is 9.92. The normalized spacial score (nSPS) is 18.6. The van der Waals surface area contributed by atoms with Gasteiger partial charge in [0, 0.05) is 0 Å². The van der Waals surface area contributed by atoms with Crippen LogP contribution < -0.4 is 16.0 Å². The average molecular weight is 428 g/mol. The minimum Gasteiger partial charge on any atom is -0.345 e. The van der Waals surface area contributed by atoms with Crippen LogP contribution in [0, 0.1) is 23.4 Å². The van der Waals surface area contributed by atoms with E-state index in [9.17, 15) is 32.3 Å². The Morgan fingerprint density at radius 2 is 1.80 bits per heavy atom. The second kappa shape index (κ2) is 9.14. The number of nitrogens with zero attached hydrogens (tertiary/aromatic N) is 1. The van der Waals surface area contributed by atoms with Crippen LogP contribution in [0.15, 0.2) is 12.1 Å². The zero-order valence-electron chi connectivity index (χ0n) is 16.8. The van der Waals surface area contributed by atoms with E-state index in [0.717, 1.165) is 11.0 Å². The highest BCUT2D eigenvalue weighted by molar-refractivity contribution is 6.09. The van der Waals surface area contributed by atoms with Gasteiger partial charge in [-0.25, -0.2) is 18.0 Å². The second-order valence-corrected chi connectivity index (χ2v) is 7.63. The van der Waals surface area contributed by atoms with Gasteiger partial charge in [-0.15, -0.1) is 0 Å². The number of carbonyl (C=O) groups excluding carboxylic acids is 4. The molecule has 0 aliphatic carbocycles. The third-order valence-corrected chi connectivity index (χ3v) is 4.62. The van der Waals surface area contributed by atoms with Crippen LogP contribution in [0.25, 0.3) is 0 Å². The molecule has 8 nitrogen and oxygen atoms in total. The lowest BCUT2D eigenvalue weighted by Crippen LogP contribution is -2.46. The maximum absolute atomic E-state index is 13.6. The van der Waals surface area contributed by atoms with E-state index in [1.165, 1.54) is 0 Å². The summed E-state index contributed by atoms with van der Waals surface area (Å²) in [6.45, 7) is 4.30. The van der Waals surface area contributed by atoms with E-state index < -0.39 is 65.5 Å². The smallest absolute Gasteiger partial charge is 0.325 e. The molecule has 0 aromatic heterocycles. The maximum atomic E-state index is 13.6. The summed E-state index contributed by atoms with van der Waals surface area (Å²) in [6, 6.07) is 0.758. The van der Waals surface area contributed by atoms with Gasteiger partial charge in [-0.05, 0) is 37.8 Å². The molecule has 3 N–H and O–H groups in total. The first-order valence-electron chi connectivity index (χ1n) is 9.28. The zero-order valence-corrected chi connectivity index (χ0v) is 16.8. The summed E-state index contributed by atoms with van der Waals surface area (Å²) < 4.78 is 39.6. The molecule has 0 spiro atoms. The number of imide groups is 1.